The molecule has 1 heterocycles. The average Bonchev–Trinajstić information content (AvgIpc) is 2.84. The van der Waals surface area contributed by atoms with E-state index in [0.29, 0.717) is 9.86 Å². The standard InChI is InChI=1S/C22H15BrF3NO.C4H9NO2S/c1-12-5-3-7-15-14(12)6-4-8-16(15)19-20(22(24,25)26)17-11-13(23)9-10-18(17)27(2)21(19)28;1-7-4(6)3-5-8-2/h3-11H,1-2H3;5H,3H2,1-2H3. The summed E-state index contributed by atoms with van der Waals surface area (Å²) in [7, 11) is 2.86. The fraction of sp³-hybridized carbons (Fsp3) is 0.231. The molecule has 0 aliphatic heterocycles. The van der Waals surface area contributed by atoms with Gasteiger partial charge in [-0.3, -0.25) is 14.3 Å². The van der Waals surface area contributed by atoms with Gasteiger partial charge in [-0.2, -0.15) is 13.2 Å². The Morgan fingerprint density at radius 1 is 1.08 bits per heavy atom. The number of halogens is 4. The van der Waals surface area contributed by atoms with Crippen molar-refractivity contribution in [2.75, 3.05) is 19.9 Å². The van der Waals surface area contributed by atoms with E-state index in [0.717, 1.165) is 10.9 Å². The molecule has 10 heteroatoms. The van der Waals surface area contributed by atoms with E-state index in [1.807, 2.05) is 25.3 Å². The first-order chi connectivity index (χ1) is 17.0. The second-order valence-corrected chi connectivity index (χ2v) is 9.46. The maximum absolute atomic E-state index is 14.2. The fourth-order valence-electron chi connectivity index (χ4n) is 3.95. The summed E-state index contributed by atoms with van der Waals surface area (Å²) in [4.78, 5) is 23.4. The van der Waals surface area contributed by atoms with E-state index in [1.54, 1.807) is 30.3 Å². The number of carbonyl (C=O) groups is 1. The van der Waals surface area contributed by atoms with Gasteiger partial charge in [0, 0.05) is 16.9 Å². The number of fused-ring (bicyclic) bond motifs is 2. The second-order valence-electron chi connectivity index (χ2n) is 7.85. The first kappa shape index (κ1) is 27.8. The molecule has 0 aliphatic carbocycles. The summed E-state index contributed by atoms with van der Waals surface area (Å²) in [5.74, 6) is -0.237. The highest BCUT2D eigenvalue weighted by molar-refractivity contribution is 9.10. The molecule has 190 valence electrons. The van der Waals surface area contributed by atoms with Crippen LogP contribution in [0.5, 0.6) is 0 Å². The first-order valence-corrected chi connectivity index (χ1v) is 12.7. The lowest BCUT2D eigenvalue weighted by Gasteiger charge is -2.19. The zero-order valence-electron chi connectivity index (χ0n) is 20.0. The Balaban J connectivity index is 0.000000392. The minimum Gasteiger partial charge on any atom is -0.468 e. The number of nitrogens with zero attached hydrogens (tertiary/aromatic N) is 1. The Bertz CT molecular complexity index is 1490. The van der Waals surface area contributed by atoms with Crippen LogP contribution in [0.2, 0.25) is 0 Å². The number of aromatic nitrogens is 1. The molecule has 0 saturated heterocycles. The maximum Gasteiger partial charge on any atom is 0.417 e. The smallest absolute Gasteiger partial charge is 0.417 e. The molecule has 1 aromatic heterocycles. The molecule has 0 fully saturated rings. The number of nitrogens with one attached hydrogen (secondary N) is 1. The van der Waals surface area contributed by atoms with Crippen LogP contribution >= 0.6 is 27.9 Å². The van der Waals surface area contributed by atoms with Gasteiger partial charge in [-0.05, 0) is 53.3 Å². The Kier molecular flexibility index (Phi) is 8.86. The van der Waals surface area contributed by atoms with Crippen LogP contribution in [-0.2, 0) is 22.8 Å². The normalized spacial score (nSPS) is 11.3. The van der Waals surface area contributed by atoms with E-state index < -0.39 is 17.3 Å². The second kappa shape index (κ2) is 11.5. The number of carbonyl (C=O) groups excluding carboxylic acids is 1. The zero-order valence-corrected chi connectivity index (χ0v) is 22.4. The summed E-state index contributed by atoms with van der Waals surface area (Å²) in [5, 5.41) is 1.44. The molecule has 4 aromatic rings. The summed E-state index contributed by atoms with van der Waals surface area (Å²) in [6, 6.07) is 15.1. The number of methoxy groups -OCH3 is 1. The van der Waals surface area contributed by atoms with E-state index in [4.69, 9.17) is 0 Å². The molecule has 36 heavy (non-hydrogen) atoms. The summed E-state index contributed by atoms with van der Waals surface area (Å²) < 4.78 is 51.5. The number of alkyl halides is 3. The average molecular weight is 581 g/mol. The number of rotatable bonds is 4. The molecule has 0 bridgehead atoms. The SMILES string of the molecule is COC(=O)CNSC.Cc1cccc2c(-c3c(C(F)(F)F)c4cc(Br)ccc4n(C)c3=O)cccc12. The molecule has 0 radical (unpaired) electrons. The van der Waals surface area contributed by atoms with E-state index in [9.17, 15) is 22.8 Å². The number of ether oxygens (including phenoxy) is 1. The van der Waals surface area contributed by atoms with Crippen molar-refractivity contribution in [2.45, 2.75) is 13.1 Å². The van der Waals surface area contributed by atoms with Crippen LogP contribution in [0, 0.1) is 6.92 Å². The highest BCUT2D eigenvalue weighted by Gasteiger charge is 2.38. The largest absolute Gasteiger partial charge is 0.468 e. The molecule has 0 aliphatic rings. The van der Waals surface area contributed by atoms with Crippen LogP contribution in [-0.4, -0.2) is 30.4 Å². The number of benzene rings is 3. The van der Waals surface area contributed by atoms with E-state index >= 15 is 0 Å². The van der Waals surface area contributed by atoms with Gasteiger partial charge in [-0.1, -0.05) is 64.3 Å². The molecule has 0 amide bonds. The van der Waals surface area contributed by atoms with Gasteiger partial charge in [0.2, 0.25) is 0 Å². The van der Waals surface area contributed by atoms with Crippen LogP contribution in [0.15, 0.2) is 63.9 Å². The first-order valence-electron chi connectivity index (χ1n) is 10.7. The molecule has 0 saturated carbocycles. The number of hydrogen-bond donors (Lipinski definition) is 1. The van der Waals surface area contributed by atoms with Crippen molar-refractivity contribution >= 4 is 55.5 Å². The van der Waals surface area contributed by atoms with Crippen LogP contribution in [0.1, 0.15) is 11.1 Å². The Hall–Kier alpha value is -2.82. The number of aryl methyl sites for hydroxylation is 2. The number of hydrogen-bond acceptors (Lipinski definition) is 5. The summed E-state index contributed by atoms with van der Waals surface area (Å²) in [6.07, 6.45) is -2.84. The third-order valence-electron chi connectivity index (χ3n) is 5.64. The molecule has 0 atom stereocenters. The predicted octanol–water partition coefficient (Wildman–Crippen LogP) is 6.48. The van der Waals surface area contributed by atoms with Crippen molar-refractivity contribution in [1.82, 2.24) is 9.29 Å². The lowest BCUT2D eigenvalue weighted by atomic mass is 9.92. The van der Waals surface area contributed by atoms with Gasteiger partial charge in [0.05, 0.1) is 23.8 Å². The van der Waals surface area contributed by atoms with Crippen LogP contribution in [0.25, 0.3) is 32.8 Å². The van der Waals surface area contributed by atoms with Crippen LogP contribution in [0.3, 0.4) is 0 Å². The van der Waals surface area contributed by atoms with Crippen LogP contribution in [0.4, 0.5) is 13.2 Å². The van der Waals surface area contributed by atoms with Gasteiger partial charge >= 0.3 is 12.1 Å². The molecule has 1 N–H and O–H groups in total. The highest BCUT2D eigenvalue weighted by Crippen LogP contribution is 2.42. The summed E-state index contributed by atoms with van der Waals surface area (Å²) in [6.45, 7) is 2.17. The van der Waals surface area contributed by atoms with Crippen molar-refractivity contribution in [2.24, 2.45) is 7.05 Å². The molecule has 0 unspecified atom stereocenters. The number of pyridine rings is 1. The quantitative estimate of drug-likeness (QED) is 0.221. The van der Waals surface area contributed by atoms with E-state index in [-0.39, 0.29) is 34.5 Å². The zero-order chi connectivity index (χ0) is 26.6. The number of esters is 1. The van der Waals surface area contributed by atoms with Crippen molar-refractivity contribution in [1.29, 1.82) is 0 Å². The van der Waals surface area contributed by atoms with Crippen molar-refractivity contribution in [3.63, 3.8) is 0 Å². The lowest BCUT2D eigenvalue weighted by molar-refractivity contribution is -0.139. The van der Waals surface area contributed by atoms with Crippen molar-refractivity contribution in [3.05, 3.63) is 80.6 Å². The topological polar surface area (TPSA) is 60.3 Å². The molecular weight excluding hydrogens is 557 g/mol. The van der Waals surface area contributed by atoms with Crippen molar-refractivity contribution < 1.29 is 22.7 Å². The molecule has 5 nitrogen and oxygen atoms in total. The third-order valence-corrected chi connectivity index (χ3v) is 6.57. The predicted molar refractivity (Wildman–Crippen MR) is 143 cm³/mol. The third kappa shape index (κ3) is 5.77. The lowest BCUT2D eigenvalue weighted by Crippen LogP contribution is -2.24. The molecule has 4 rings (SSSR count). The van der Waals surface area contributed by atoms with E-state index in [2.05, 4.69) is 25.4 Å². The minimum atomic E-state index is -4.69. The Labute approximate surface area is 218 Å². The van der Waals surface area contributed by atoms with Crippen LogP contribution < -0.4 is 10.3 Å². The summed E-state index contributed by atoms with van der Waals surface area (Å²) in [5.41, 5.74) is -0.432. The van der Waals surface area contributed by atoms with Gasteiger partial charge in [0.25, 0.3) is 5.56 Å². The molecule has 3 aromatic carbocycles. The van der Waals surface area contributed by atoms with Gasteiger partial charge in [-0.15, -0.1) is 0 Å². The minimum absolute atomic E-state index is 0.0105. The summed E-state index contributed by atoms with van der Waals surface area (Å²) >= 11 is 4.65. The molecular formula is C26H24BrF3N2O3S. The van der Waals surface area contributed by atoms with Gasteiger partial charge < -0.3 is 9.30 Å². The van der Waals surface area contributed by atoms with Gasteiger partial charge in [0.15, 0.2) is 0 Å². The Morgan fingerprint density at radius 3 is 2.39 bits per heavy atom. The van der Waals surface area contributed by atoms with Crippen molar-refractivity contribution in [3.8, 4) is 11.1 Å². The van der Waals surface area contributed by atoms with Gasteiger partial charge in [-0.25, -0.2) is 0 Å². The fourth-order valence-corrected chi connectivity index (χ4v) is 4.58. The van der Waals surface area contributed by atoms with Gasteiger partial charge in [0.1, 0.15) is 6.54 Å². The molecule has 0 spiro atoms. The maximum atomic E-state index is 14.2. The van der Waals surface area contributed by atoms with E-state index in [1.165, 1.54) is 42.8 Å². The monoisotopic (exact) mass is 580 g/mol. The Morgan fingerprint density at radius 2 is 1.75 bits per heavy atom. The highest BCUT2D eigenvalue weighted by atomic mass is 79.9.